The number of aromatic nitrogens is 1. The first-order valence-electron chi connectivity index (χ1n) is 18.5. The van der Waals surface area contributed by atoms with Crippen LogP contribution in [0.25, 0.3) is 43.1 Å². The predicted octanol–water partition coefficient (Wildman–Crippen LogP) is 12.0. The first-order chi connectivity index (χ1) is 24.2. The van der Waals surface area contributed by atoms with Gasteiger partial charge in [-0.3, -0.25) is 9.78 Å². The summed E-state index contributed by atoms with van der Waals surface area (Å²) in [5, 5.41) is 15.8. The molecule has 52 heavy (non-hydrogen) atoms. The number of furan rings is 1. The Morgan fingerprint density at radius 3 is 2.19 bits per heavy atom. The zero-order valence-corrected chi connectivity index (χ0v) is 36.7. The minimum atomic E-state index is -2.06. The van der Waals surface area contributed by atoms with Crippen LogP contribution in [0.4, 0.5) is 0 Å². The molecule has 1 radical (unpaired) electrons. The van der Waals surface area contributed by atoms with Gasteiger partial charge in [-0.1, -0.05) is 109 Å². The summed E-state index contributed by atoms with van der Waals surface area (Å²) in [5.74, 6) is 0.547. The first kappa shape index (κ1) is 41.4. The summed E-state index contributed by atoms with van der Waals surface area (Å²) in [6.45, 7) is 22.0. The molecule has 0 unspecified atom stereocenters. The normalized spacial score (nSPS) is 12.4. The van der Waals surface area contributed by atoms with Crippen LogP contribution in [-0.2, 0) is 30.3 Å². The van der Waals surface area contributed by atoms with Crippen molar-refractivity contribution in [3.8, 4) is 11.3 Å². The maximum atomic E-state index is 11.7. The number of carbonyl (C=O) groups excluding carboxylic acids is 1. The molecule has 0 atom stereocenters. The van der Waals surface area contributed by atoms with E-state index in [4.69, 9.17) is 9.40 Å². The van der Waals surface area contributed by atoms with E-state index < -0.39 is 8.07 Å². The van der Waals surface area contributed by atoms with Gasteiger partial charge < -0.3 is 9.52 Å². The van der Waals surface area contributed by atoms with Crippen LogP contribution in [-0.4, -0.2) is 23.9 Å². The minimum absolute atomic E-state index is 0. The van der Waals surface area contributed by atoms with Crippen molar-refractivity contribution in [1.82, 2.24) is 4.98 Å². The van der Waals surface area contributed by atoms with Crippen LogP contribution in [0, 0.1) is 24.8 Å². The molecule has 3 aromatic carbocycles. The topological polar surface area (TPSA) is 63.3 Å². The molecule has 0 amide bonds. The third kappa shape index (κ3) is 8.55. The largest absolute Gasteiger partial charge is 0.512 e. The number of pyridine rings is 1. The Morgan fingerprint density at radius 2 is 1.56 bits per heavy atom. The van der Waals surface area contributed by atoms with Gasteiger partial charge in [-0.25, -0.2) is 0 Å². The third-order valence-corrected chi connectivity index (χ3v) is 16.3. The summed E-state index contributed by atoms with van der Waals surface area (Å²) >= 11 is 1.90. The molecular formula is C45H54IrNO3SSi-. The van der Waals surface area contributed by atoms with Gasteiger partial charge in [0.05, 0.1) is 11.1 Å². The fourth-order valence-corrected chi connectivity index (χ4v) is 12.0. The number of allylic oxidation sites excluding steroid dienone is 2. The molecule has 0 saturated carbocycles. The van der Waals surface area contributed by atoms with Crippen molar-refractivity contribution >= 4 is 66.9 Å². The number of aryl methyl sites for hydroxylation is 1. The SMILES string of the molecule is CCC(CC)C(=O)/C=C(\O)C(CC)CC.Cc1c([Si](C)(C)c2cc3ccccc3o2)sc2c(-c3[c-]c4ccccc4c(C(C)(C)C)c3)nccc12.[Ir]. The molecule has 7 heteroatoms. The van der Waals surface area contributed by atoms with E-state index in [-0.39, 0.29) is 48.9 Å². The van der Waals surface area contributed by atoms with E-state index >= 15 is 0 Å². The quantitative estimate of drug-likeness (QED) is 0.0644. The number of rotatable bonds is 10. The molecule has 1 N–H and O–H groups in total. The third-order valence-electron chi connectivity index (χ3n) is 10.4. The maximum absolute atomic E-state index is 11.7. The second kappa shape index (κ2) is 17.2. The molecular weight excluding hydrogens is 855 g/mol. The molecule has 3 aromatic heterocycles. The standard InChI is InChI=1S/C32H30NOSSi.C13H24O2.Ir/c1-20-24-15-16-33-29(23-17-21-11-7-9-13-25(21)26(18-23)32(2,3)4)30(24)35-31(20)36(5,6)28-19-22-12-8-10-14-27(22)34-28;1-5-10(6-2)12(14)9-13(15)11(7-3)8-4;/h7-16,18-19H,1-6H3;9-11,14H,5-8H2,1-4H3;/q-1;;/b;12-9-;. The van der Waals surface area contributed by atoms with Gasteiger partial charge in [-0.05, 0) is 67.2 Å². The number of para-hydroxylation sites is 1. The molecule has 3 heterocycles. The smallest absolute Gasteiger partial charge is 0.169 e. The molecule has 0 spiro atoms. The number of nitrogens with zero attached hydrogens (tertiary/aromatic N) is 1. The zero-order chi connectivity index (χ0) is 37.1. The van der Waals surface area contributed by atoms with Crippen LogP contribution in [0.1, 0.15) is 85.3 Å². The van der Waals surface area contributed by atoms with Crippen molar-refractivity contribution in [2.24, 2.45) is 11.8 Å². The first-order valence-corrected chi connectivity index (χ1v) is 22.3. The van der Waals surface area contributed by atoms with Gasteiger partial charge in [0.1, 0.15) is 5.58 Å². The van der Waals surface area contributed by atoms with E-state index in [1.165, 1.54) is 42.6 Å². The van der Waals surface area contributed by atoms with Crippen LogP contribution in [0.3, 0.4) is 0 Å². The van der Waals surface area contributed by atoms with E-state index in [2.05, 4.69) is 108 Å². The summed E-state index contributed by atoms with van der Waals surface area (Å²) < 4.78 is 9.09. The van der Waals surface area contributed by atoms with Crippen LogP contribution < -0.4 is 9.88 Å². The number of benzene rings is 3. The van der Waals surface area contributed by atoms with Crippen molar-refractivity contribution < 1.29 is 34.4 Å². The Hall–Kier alpha value is -3.35. The molecule has 0 bridgehead atoms. The molecule has 0 aliphatic heterocycles. The van der Waals surface area contributed by atoms with Crippen molar-refractivity contribution in [1.29, 1.82) is 0 Å². The number of aliphatic hydroxyl groups excluding tert-OH is 1. The number of hydrogen-bond donors (Lipinski definition) is 1. The Labute approximate surface area is 329 Å². The average molecular weight is 909 g/mol. The van der Waals surface area contributed by atoms with Crippen molar-refractivity contribution in [2.45, 2.75) is 99.6 Å². The molecule has 4 nitrogen and oxygen atoms in total. The summed E-state index contributed by atoms with van der Waals surface area (Å²) in [5.41, 5.74) is 5.76. The maximum Gasteiger partial charge on any atom is 0.169 e. The van der Waals surface area contributed by atoms with Crippen LogP contribution >= 0.6 is 11.3 Å². The Balaban J connectivity index is 0.000000323. The van der Waals surface area contributed by atoms with Gasteiger partial charge >= 0.3 is 0 Å². The zero-order valence-electron chi connectivity index (χ0n) is 32.4. The Kier molecular flexibility index (Phi) is 13.7. The van der Waals surface area contributed by atoms with Gasteiger partial charge in [0, 0.05) is 64.5 Å². The second-order valence-corrected chi connectivity index (χ2v) is 20.9. The van der Waals surface area contributed by atoms with Gasteiger partial charge in [0.2, 0.25) is 0 Å². The Morgan fingerprint density at radius 1 is 0.923 bits per heavy atom. The summed E-state index contributed by atoms with van der Waals surface area (Å²) in [6, 6.07) is 27.3. The summed E-state index contributed by atoms with van der Waals surface area (Å²) in [7, 11) is -2.06. The molecule has 277 valence electrons. The van der Waals surface area contributed by atoms with Gasteiger partial charge in [0.25, 0.3) is 0 Å². The molecule has 0 fully saturated rings. The van der Waals surface area contributed by atoms with Crippen LogP contribution in [0.15, 0.2) is 89.2 Å². The van der Waals surface area contributed by atoms with Crippen molar-refractivity contribution in [3.05, 3.63) is 102 Å². The van der Waals surface area contributed by atoms with E-state index in [1.54, 1.807) is 0 Å². The van der Waals surface area contributed by atoms with E-state index in [9.17, 15) is 9.90 Å². The predicted molar refractivity (Wildman–Crippen MR) is 222 cm³/mol. The number of hydrogen-bond acceptors (Lipinski definition) is 5. The minimum Gasteiger partial charge on any atom is -0.512 e. The Bertz CT molecular complexity index is 2150. The van der Waals surface area contributed by atoms with E-state index in [1.807, 2.05) is 51.3 Å². The molecule has 0 aliphatic rings. The molecule has 6 aromatic rings. The van der Waals surface area contributed by atoms with E-state index in [0.717, 1.165) is 53.3 Å². The van der Waals surface area contributed by atoms with Crippen molar-refractivity contribution in [2.75, 3.05) is 0 Å². The van der Waals surface area contributed by atoms with Gasteiger partial charge in [0.15, 0.2) is 13.9 Å². The monoisotopic (exact) mass is 909 g/mol. The van der Waals surface area contributed by atoms with Gasteiger partial charge in [-0.2, -0.15) is 11.3 Å². The van der Waals surface area contributed by atoms with Crippen LogP contribution in [0.2, 0.25) is 13.1 Å². The number of ketones is 1. The fraction of sp³-hybridized carbons (Fsp3) is 0.378. The van der Waals surface area contributed by atoms with Gasteiger partial charge in [-0.15, -0.1) is 29.1 Å². The second-order valence-electron chi connectivity index (χ2n) is 15.3. The number of thiophene rings is 1. The molecule has 0 saturated heterocycles. The molecule has 0 aliphatic carbocycles. The number of carbonyl (C=O) groups is 1. The number of fused-ring (bicyclic) bond motifs is 3. The van der Waals surface area contributed by atoms with E-state index in [0.29, 0.717) is 0 Å². The average Bonchev–Trinajstić information content (AvgIpc) is 3.71. The number of aliphatic hydroxyl groups is 1. The van der Waals surface area contributed by atoms with Crippen molar-refractivity contribution in [3.63, 3.8) is 0 Å². The fourth-order valence-electron chi connectivity index (χ4n) is 7.10. The summed E-state index contributed by atoms with van der Waals surface area (Å²) in [4.78, 5) is 16.6. The van der Waals surface area contributed by atoms with Crippen LogP contribution in [0.5, 0.6) is 0 Å². The summed E-state index contributed by atoms with van der Waals surface area (Å²) in [6.07, 6.45) is 6.86. The molecule has 6 rings (SSSR count).